The van der Waals surface area contributed by atoms with Crippen molar-refractivity contribution in [3.63, 3.8) is 0 Å². The van der Waals surface area contributed by atoms with Crippen molar-refractivity contribution < 1.29 is 23.1 Å². The van der Waals surface area contributed by atoms with Crippen LogP contribution in [0.15, 0.2) is 23.1 Å². The Morgan fingerprint density at radius 3 is 2.15 bits per heavy atom. The van der Waals surface area contributed by atoms with Gasteiger partial charge in [0.2, 0.25) is 15.9 Å². The number of nitrogens with one attached hydrogen (secondary N) is 1. The molecule has 1 amide bonds. The lowest BCUT2D eigenvalue weighted by atomic mass is 10.2. The lowest BCUT2D eigenvalue weighted by Crippen LogP contribution is -2.43. The highest BCUT2D eigenvalue weighted by atomic mass is 32.2. The van der Waals surface area contributed by atoms with E-state index in [1.807, 2.05) is 4.72 Å². The lowest BCUT2D eigenvalue weighted by Gasteiger charge is -2.14. The Hall–Kier alpha value is -1.93. The molecule has 0 aromatic heterocycles. The summed E-state index contributed by atoms with van der Waals surface area (Å²) in [5.41, 5.74) is 6.36. The van der Waals surface area contributed by atoms with Gasteiger partial charge in [-0.2, -0.15) is 4.72 Å². The van der Waals surface area contributed by atoms with Gasteiger partial charge in [0.25, 0.3) is 0 Å². The van der Waals surface area contributed by atoms with Crippen LogP contribution in [0, 0.1) is 13.8 Å². The van der Waals surface area contributed by atoms with Crippen molar-refractivity contribution in [2.24, 2.45) is 5.73 Å². The molecule has 0 radical (unpaired) electrons. The Balaban J connectivity index is 3.09. The Bertz CT molecular complexity index is 619. The van der Waals surface area contributed by atoms with Crippen LogP contribution in [0.1, 0.15) is 17.5 Å². The van der Waals surface area contributed by atoms with Gasteiger partial charge in [0.1, 0.15) is 6.04 Å². The van der Waals surface area contributed by atoms with E-state index in [0.29, 0.717) is 0 Å². The van der Waals surface area contributed by atoms with Gasteiger partial charge in [0.15, 0.2) is 0 Å². The number of aryl methyl sites for hydroxylation is 2. The molecule has 1 aromatic rings. The quantitative estimate of drug-likeness (QED) is 0.676. The molecule has 0 bridgehead atoms. The van der Waals surface area contributed by atoms with Crippen LogP contribution in [0.5, 0.6) is 0 Å². The van der Waals surface area contributed by atoms with Crippen molar-refractivity contribution in [1.29, 1.82) is 0 Å². The minimum atomic E-state index is -4.03. The molecule has 0 aliphatic carbocycles. The van der Waals surface area contributed by atoms with E-state index in [0.717, 1.165) is 11.1 Å². The van der Waals surface area contributed by atoms with Gasteiger partial charge in [-0.15, -0.1) is 0 Å². The van der Waals surface area contributed by atoms with Crippen molar-refractivity contribution >= 4 is 21.9 Å². The molecule has 8 heteroatoms. The number of hydrogen-bond donors (Lipinski definition) is 3. The monoisotopic (exact) mass is 300 g/mol. The molecule has 1 unspecified atom stereocenters. The number of carboxylic acids is 1. The molecule has 1 atom stereocenters. The van der Waals surface area contributed by atoms with Crippen LogP contribution < -0.4 is 10.5 Å². The molecule has 0 aliphatic rings. The maximum Gasteiger partial charge on any atom is 0.322 e. The summed E-state index contributed by atoms with van der Waals surface area (Å²) in [6.07, 6.45) is -0.612. The molecule has 20 heavy (non-hydrogen) atoms. The average Bonchev–Trinajstić information content (AvgIpc) is 2.25. The van der Waals surface area contributed by atoms with Gasteiger partial charge < -0.3 is 10.8 Å². The molecule has 1 aromatic carbocycles. The fraction of sp³-hybridized carbons (Fsp3) is 0.333. The second kappa shape index (κ2) is 6.02. The van der Waals surface area contributed by atoms with Gasteiger partial charge in [-0.25, -0.2) is 8.42 Å². The summed E-state index contributed by atoms with van der Waals surface area (Å²) >= 11 is 0. The number of primary amides is 1. The summed E-state index contributed by atoms with van der Waals surface area (Å²) < 4.78 is 26.2. The third-order valence-corrected chi connectivity index (χ3v) is 3.96. The molecule has 1 rings (SSSR count). The maximum absolute atomic E-state index is 12.1. The summed E-state index contributed by atoms with van der Waals surface area (Å²) in [6.45, 7) is 3.45. The Labute approximate surface area is 116 Å². The smallest absolute Gasteiger partial charge is 0.322 e. The number of amides is 1. The molecule has 110 valence electrons. The molecule has 0 saturated carbocycles. The second-order valence-corrected chi connectivity index (χ2v) is 6.22. The predicted molar refractivity (Wildman–Crippen MR) is 71.5 cm³/mol. The van der Waals surface area contributed by atoms with Gasteiger partial charge in [-0.05, 0) is 37.1 Å². The highest BCUT2D eigenvalue weighted by molar-refractivity contribution is 7.89. The number of hydrogen-bond acceptors (Lipinski definition) is 4. The lowest BCUT2D eigenvalue weighted by molar-refractivity contribution is -0.140. The van der Waals surface area contributed by atoms with Crippen LogP contribution in [-0.4, -0.2) is 31.4 Å². The number of sulfonamides is 1. The molecule has 7 nitrogen and oxygen atoms in total. The summed E-state index contributed by atoms with van der Waals surface area (Å²) in [5, 5.41) is 8.91. The van der Waals surface area contributed by atoms with Gasteiger partial charge in [-0.1, -0.05) is 6.07 Å². The van der Waals surface area contributed by atoms with Crippen LogP contribution in [0.3, 0.4) is 0 Å². The Morgan fingerprint density at radius 1 is 1.25 bits per heavy atom. The van der Waals surface area contributed by atoms with Crippen molar-refractivity contribution in [3.05, 3.63) is 29.3 Å². The molecule has 0 saturated heterocycles. The van der Waals surface area contributed by atoms with E-state index in [-0.39, 0.29) is 4.90 Å². The first-order chi connectivity index (χ1) is 9.11. The molecular formula is C12H16N2O5S. The van der Waals surface area contributed by atoms with Crippen LogP contribution in [-0.2, 0) is 19.6 Å². The number of rotatable bonds is 6. The van der Waals surface area contributed by atoms with E-state index in [9.17, 15) is 18.0 Å². The topological polar surface area (TPSA) is 127 Å². The highest BCUT2D eigenvalue weighted by Crippen LogP contribution is 2.15. The summed E-state index contributed by atoms with van der Waals surface area (Å²) in [6, 6.07) is 3.03. The van der Waals surface area contributed by atoms with Gasteiger partial charge in [0, 0.05) is 0 Å². The third kappa shape index (κ3) is 4.32. The van der Waals surface area contributed by atoms with Crippen LogP contribution in [0.2, 0.25) is 0 Å². The Kier molecular flexibility index (Phi) is 4.85. The van der Waals surface area contributed by atoms with Crippen molar-refractivity contribution in [1.82, 2.24) is 4.72 Å². The SMILES string of the molecule is Cc1cc(C)cc(S(=O)(=O)NC(CC(N)=O)C(=O)O)c1. The minimum Gasteiger partial charge on any atom is -0.480 e. The van der Waals surface area contributed by atoms with Crippen LogP contribution >= 0.6 is 0 Å². The first kappa shape index (κ1) is 16.1. The summed E-state index contributed by atoms with van der Waals surface area (Å²) in [7, 11) is -4.03. The number of carbonyl (C=O) groups excluding carboxylic acids is 1. The molecule has 0 heterocycles. The fourth-order valence-corrected chi connectivity index (χ4v) is 3.10. The maximum atomic E-state index is 12.1. The van der Waals surface area contributed by atoms with Crippen molar-refractivity contribution in [2.75, 3.05) is 0 Å². The van der Waals surface area contributed by atoms with Crippen molar-refractivity contribution in [3.8, 4) is 0 Å². The standard InChI is InChI=1S/C12H16N2O5S/c1-7-3-8(2)5-9(4-7)20(18,19)14-10(12(16)17)6-11(13)15/h3-5,10,14H,6H2,1-2H3,(H2,13,15)(H,16,17). The second-order valence-electron chi connectivity index (χ2n) is 4.51. The summed E-state index contributed by atoms with van der Waals surface area (Å²) in [4.78, 5) is 21.7. The van der Waals surface area contributed by atoms with E-state index in [4.69, 9.17) is 10.8 Å². The predicted octanol–water partition coefficient (Wildman–Crippen LogP) is -0.0897. The third-order valence-electron chi connectivity index (χ3n) is 2.51. The Morgan fingerprint density at radius 2 is 1.75 bits per heavy atom. The number of carboxylic acid groups (broad SMARTS) is 1. The zero-order valence-corrected chi connectivity index (χ0v) is 11.9. The average molecular weight is 300 g/mol. The number of carbonyl (C=O) groups is 2. The van der Waals surface area contributed by atoms with E-state index >= 15 is 0 Å². The number of benzene rings is 1. The van der Waals surface area contributed by atoms with E-state index in [1.165, 1.54) is 12.1 Å². The first-order valence-corrected chi connectivity index (χ1v) is 7.22. The van der Waals surface area contributed by atoms with Gasteiger partial charge in [-0.3, -0.25) is 9.59 Å². The zero-order valence-electron chi connectivity index (χ0n) is 11.1. The molecule has 0 spiro atoms. The summed E-state index contributed by atoms with van der Waals surface area (Å²) in [5.74, 6) is -2.36. The molecule has 0 fully saturated rings. The van der Waals surface area contributed by atoms with Crippen LogP contribution in [0.4, 0.5) is 0 Å². The van der Waals surface area contributed by atoms with E-state index in [1.54, 1.807) is 19.9 Å². The van der Waals surface area contributed by atoms with Crippen LogP contribution in [0.25, 0.3) is 0 Å². The number of nitrogens with two attached hydrogens (primary N) is 1. The highest BCUT2D eigenvalue weighted by Gasteiger charge is 2.27. The molecule has 0 aliphatic heterocycles. The van der Waals surface area contributed by atoms with E-state index < -0.39 is 34.4 Å². The number of aliphatic carboxylic acids is 1. The van der Waals surface area contributed by atoms with Crippen molar-refractivity contribution in [2.45, 2.75) is 31.2 Å². The zero-order chi connectivity index (χ0) is 15.5. The largest absolute Gasteiger partial charge is 0.480 e. The van der Waals surface area contributed by atoms with E-state index in [2.05, 4.69) is 0 Å². The molecular weight excluding hydrogens is 284 g/mol. The minimum absolute atomic E-state index is 0.0503. The van der Waals surface area contributed by atoms with Gasteiger partial charge >= 0.3 is 5.97 Å². The first-order valence-electron chi connectivity index (χ1n) is 5.73. The molecule has 4 N–H and O–H groups in total. The fourth-order valence-electron chi connectivity index (χ4n) is 1.72. The normalized spacial score (nSPS) is 12.9. The van der Waals surface area contributed by atoms with Gasteiger partial charge in [0.05, 0.1) is 11.3 Å².